The van der Waals surface area contributed by atoms with Crippen molar-refractivity contribution in [1.29, 1.82) is 0 Å². The van der Waals surface area contributed by atoms with Crippen LogP contribution in [0.3, 0.4) is 0 Å². The molecule has 2 N–H and O–H groups in total. The summed E-state index contributed by atoms with van der Waals surface area (Å²) in [7, 11) is 1.89. The van der Waals surface area contributed by atoms with Crippen LogP contribution in [0, 0.1) is 28.6 Å². The first-order chi connectivity index (χ1) is 15.1. The first-order valence-electron chi connectivity index (χ1n) is 11.9. The highest BCUT2D eigenvalue weighted by atomic mass is 32.2. The van der Waals surface area contributed by atoms with E-state index in [1.54, 1.807) is 6.20 Å². The number of allylic oxidation sites excluding steroid dienone is 1. The van der Waals surface area contributed by atoms with E-state index in [1.807, 2.05) is 30.8 Å². The summed E-state index contributed by atoms with van der Waals surface area (Å²) >= 11 is 1.36. The van der Waals surface area contributed by atoms with Gasteiger partial charge in [0, 0.05) is 31.3 Å². The van der Waals surface area contributed by atoms with E-state index >= 15 is 0 Å². The number of nitrogens with zero attached hydrogens (tertiary/aromatic N) is 2. The Balaban J connectivity index is 1.41. The van der Waals surface area contributed by atoms with Crippen molar-refractivity contribution in [2.45, 2.75) is 75.7 Å². The van der Waals surface area contributed by atoms with Gasteiger partial charge in [0.05, 0.1) is 11.9 Å². The number of hydrogen-bond acceptors (Lipinski definition) is 6. The first kappa shape index (κ1) is 22.4. The number of thioether (sulfide) groups is 1. The molecule has 3 fully saturated rings. The molecule has 5 rings (SSSR count). The summed E-state index contributed by atoms with van der Waals surface area (Å²) in [4.78, 5) is 29.7. The maximum absolute atomic E-state index is 13.4. The van der Waals surface area contributed by atoms with Gasteiger partial charge in [-0.25, -0.2) is 4.98 Å². The number of aryl methyl sites for hydroxylation is 1. The molecule has 1 aromatic heterocycles. The molecular weight excluding hydrogens is 424 g/mol. The molecule has 0 aliphatic heterocycles. The second kappa shape index (κ2) is 7.54. The number of carbonyl (C=O) groups is 2. The minimum atomic E-state index is -1.42. The number of aromatic nitrogens is 2. The van der Waals surface area contributed by atoms with Gasteiger partial charge in [0.25, 0.3) is 0 Å². The Morgan fingerprint density at radius 1 is 1.28 bits per heavy atom. The Morgan fingerprint density at radius 3 is 2.78 bits per heavy atom. The largest absolute Gasteiger partial charge is 0.393 e. The monoisotopic (exact) mass is 458 g/mol. The fraction of sp³-hybridized carbons (Fsp3) is 0.720. The van der Waals surface area contributed by atoms with E-state index in [9.17, 15) is 19.8 Å². The van der Waals surface area contributed by atoms with E-state index in [0.717, 1.165) is 30.8 Å². The molecule has 0 spiro atoms. The molecule has 0 saturated heterocycles. The van der Waals surface area contributed by atoms with Gasteiger partial charge < -0.3 is 14.8 Å². The van der Waals surface area contributed by atoms with Crippen LogP contribution in [0.5, 0.6) is 0 Å². The van der Waals surface area contributed by atoms with Crippen LogP contribution < -0.4 is 0 Å². The number of hydrogen-bond donors (Lipinski definition) is 2. The summed E-state index contributed by atoms with van der Waals surface area (Å²) in [6.45, 7) is 4.26. The lowest BCUT2D eigenvalue weighted by Gasteiger charge is -2.60. The highest BCUT2D eigenvalue weighted by Crippen LogP contribution is 2.67. The smallest absolute Gasteiger partial charge is 0.175 e. The third-order valence-corrected chi connectivity index (χ3v) is 10.7. The molecule has 4 aliphatic carbocycles. The van der Waals surface area contributed by atoms with E-state index in [-0.39, 0.29) is 40.5 Å². The lowest BCUT2D eigenvalue weighted by molar-refractivity contribution is -0.178. The molecule has 7 atom stereocenters. The molecule has 0 radical (unpaired) electrons. The van der Waals surface area contributed by atoms with Crippen molar-refractivity contribution < 1.29 is 19.8 Å². The lowest BCUT2D eigenvalue weighted by atomic mass is 9.45. The van der Waals surface area contributed by atoms with Gasteiger partial charge in [0.15, 0.2) is 16.7 Å². The second-order valence-corrected chi connectivity index (χ2v) is 12.0. The third-order valence-electron chi connectivity index (χ3n) is 9.62. The fourth-order valence-electron chi connectivity index (χ4n) is 7.89. The molecular formula is C25H34N2O4S. The first-order valence-corrected chi connectivity index (χ1v) is 12.9. The van der Waals surface area contributed by atoms with Crippen LogP contribution in [0.15, 0.2) is 29.2 Å². The molecule has 1 heterocycles. The molecule has 4 aliphatic rings. The molecule has 0 amide bonds. The second-order valence-electron chi connectivity index (χ2n) is 11.0. The summed E-state index contributed by atoms with van der Waals surface area (Å²) in [6.07, 6.45) is 9.65. The van der Waals surface area contributed by atoms with Crippen molar-refractivity contribution >= 4 is 23.3 Å². The van der Waals surface area contributed by atoms with Gasteiger partial charge in [-0.15, -0.1) is 0 Å². The normalized spacial score (nSPS) is 43.3. The summed E-state index contributed by atoms with van der Waals surface area (Å²) in [5, 5.41) is 24.0. The maximum atomic E-state index is 13.4. The number of aliphatic hydroxyl groups excluding tert-OH is 1. The molecule has 1 aromatic rings. The predicted octanol–water partition coefficient (Wildman–Crippen LogP) is 3.32. The van der Waals surface area contributed by atoms with E-state index in [1.165, 1.54) is 17.3 Å². The Bertz CT molecular complexity index is 988. The number of rotatable bonds is 4. The Hall–Kier alpha value is -1.44. The molecule has 174 valence electrons. The van der Waals surface area contributed by atoms with Crippen molar-refractivity contribution in [3.63, 3.8) is 0 Å². The number of imidazole rings is 1. The SMILES string of the molecule is Cn1ccnc1SCC(=O)[C@@]1(O)CCC2C3CCC4=CC(=O)CCC4(C)C3[C@@H](O)CC21C. The maximum Gasteiger partial charge on any atom is 0.175 e. The van der Waals surface area contributed by atoms with Crippen LogP contribution in [0.4, 0.5) is 0 Å². The number of carbonyl (C=O) groups excluding carboxylic acids is 2. The zero-order chi connectivity index (χ0) is 22.9. The Morgan fingerprint density at radius 2 is 2.06 bits per heavy atom. The van der Waals surface area contributed by atoms with Gasteiger partial charge in [0.1, 0.15) is 5.60 Å². The van der Waals surface area contributed by atoms with Crippen LogP contribution in [0.1, 0.15) is 58.8 Å². The zero-order valence-corrected chi connectivity index (χ0v) is 20.0. The van der Waals surface area contributed by atoms with E-state index in [2.05, 4.69) is 11.9 Å². The van der Waals surface area contributed by atoms with E-state index < -0.39 is 17.1 Å². The average molecular weight is 459 g/mol. The van der Waals surface area contributed by atoms with E-state index in [0.29, 0.717) is 19.3 Å². The molecule has 6 nitrogen and oxygen atoms in total. The van der Waals surface area contributed by atoms with Crippen molar-refractivity contribution in [3.8, 4) is 0 Å². The summed E-state index contributed by atoms with van der Waals surface area (Å²) < 4.78 is 1.87. The standard InChI is InChI=1S/C25H34N2O4S/c1-23-8-6-16(28)12-15(23)4-5-17-18-7-9-25(31,24(18,2)13-19(29)21(17)23)20(30)14-32-22-26-10-11-27(22)3/h10-12,17-19,21,29,31H,4-9,13-14H2,1-3H3/t17?,18?,19-,21?,23?,24?,25-/m0/s1. The van der Waals surface area contributed by atoms with Crippen molar-refractivity contribution in [1.82, 2.24) is 9.55 Å². The molecule has 3 saturated carbocycles. The molecule has 7 heteroatoms. The predicted molar refractivity (Wildman–Crippen MR) is 122 cm³/mol. The highest BCUT2D eigenvalue weighted by molar-refractivity contribution is 7.99. The summed E-state index contributed by atoms with van der Waals surface area (Å²) in [5.41, 5.74) is -1.000. The van der Waals surface area contributed by atoms with Crippen LogP contribution in [-0.2, 0) is 16.6 Å². The number of fused-ring (bicyclic) bond motifs is 5. The van der Waals surface area contributed by atoms with Gasteiger partial charge >= 0.3 is 0 Å². The minimum absolute atomic E-state index is 0.0908. The third kappa shape index (κ3) is 3.03. The van der Waals surface area contributed by atoms with Crippen LogP contribution in [-0.4, -0.2) is 48.8 Å². The molecule has 0 aromatic carbocycles. The van der Waals surface area contributed by atoms with Crippen LogP contribution in [0.25, 0.3) is 0 Å². The topological polar surface area (TPSA) is 92.4 Å². The van der Waals surface area contributed by atoms with Gasteiger partial charge in [-0.05, 0) is 67.8 Å². The van der Waals surface area contributed by atoms with Gasteiger partial charge in [-0.3, -0.25) is 9.59 Å². The molecule has 32 heavy (non-hydrogen) atoms. The van der Waals surface area contributed by atoms with Crippen molar-refractivity contribution in [2.75, 3.05) is 5.75 Å². The van der Waals surface area contributed by atoms with Crippen molar-refractivity contribution in [3.05, 3.63) is 24.0 Å². The van der Waals surface area contributed by atoms with Crippen LogP contribution >= 0.6 is 11.8 Å². The minimum Gasteiger partial charge on any atom is -0.393 e. The number of ketones is 2. The quantitative estimate of drug-likeness (QED) is 0.673. The molecule has 0 bridgehead atoms. The lowest BCUT2D eigenvalue weighted by Crippen LogP contribution is -2.61. The zero-order valence-electron chi connectivity index (χ0n) is 19.2. The van der Waals surface area contributed by atoms with Gasteiger partial charge in [0.2, 0.25) is 0 Å². The average Bonchev–Trinajstić information content (AvgIpc) is 3.27. The Kier molecular flexibility index (Phi) is 5.27. The Labute approximate surface area is 193 Å². The molecule has 5 unspecified atom stereocenters. The highest BCUT2D eigenvalue weighted by Gasteiger charge is 2.68. The number of Topliss-reactive ketones (excluding diaryl/α,β-unsaturated/α-hetero) is 1. The van der Waals surface area contributed by atoms with Gasteiger partial charge in [-0.1, -0.05) is 31.2 Å². The van der Waals surface area contributed by atoms with E-state index in [4.69, 9.17) is 0 Å². The van der Waals surface area contributed by atoms with Crippen molar-refractivity contribution in [2.24, 2.45) is 35.6 Å². The fourth-order valence-corrected chi connectivity index (χ4v) is 8.79. The van der Waals surface area contributed by atoms with Crippen LogP contribution in [0.2, 0.25) is 0 Å². The van der Waals surface area contributed by atoms with Gasteiger partial charge in [-0.2, -0.15) is 0 Å². The summed E-state index contributed by atoms with van der Waals surface area (Å²) in [6, 6.07) is 0. The summed E-state index contributed by atoms with van der Waals surface area (Å²) in [5.74, 6) is 0.806. The number of aliphatic hydroxyl groups is 2.